The van der Waals surface area contributed by atoms with Crippen molar-refractivity contribution >= 4 is 11.9 Å². The molecule has 1 aromatic rings. The van der Waals surface area contributed by atoms with Crippen LogP contribution in [0, 0.1) is 39.4 Å². The topological polar surface area (TPSA) is 90.7 Å². The van der Waals surface area contributed by atoms with Crippen LogP contribution >= 0.6 is 0 Å². The SMILES string of the molecule is CC1=C(C(=O)O)C(c2ccncc2)(C2CC3CCC2(C)C3(C)C)C(C(=O)O)=C(C)N1C1CC2CCC1(C)C2(C)C. The molecule has 0 aromatic carbocycles. The van der Waals surface area contributed by atoms with Gasteiger partial charge in [0, 0.05) is 29.8 Å². The Kier molecular flexibility index (Phi) is 5.66. The molecule has 6 nitrogen and oxygen atoms in total. The maximum Gasteiger partial charge on any atom is 0.334 e. The number of aliphatic carboxylic acids is 2. The van der Waals surface area contributed by atoms with Gasteiger partial charge in [0.2, 0.25) is 0 Å². The fraction of sp³-hybridized carbons (Fsp3) is 0.676. The van der Waals surface area contributed by atoms with Crippen LogP contribution in [0.25, 0.3) is 0 Å². The molecule has 5 aliphatic rings. The number of hydrogen-bond acceptors (Lipinski definition) is 4. The number of hydrogen-bond donors (Lipinski definition) is 2. The van der Waals surface area contributed by atoms with Gasteiger partial charge >= 0.3 is 11.9 Å². The van der Waals surface area contributed by atoms with Crippen molar-refractivity contribution in [3.63, 3.8) is 0 Å². The highest BCUT2D eigenvalue weighted by molar-refractivity contribution is 6.01. The summed E-state index contributed by atoms with van der Waals surface area (Å²) in [5.41, 5.74) is 1.22. The number of rotatable bonds is 5. The van der Waals surface area contributed by atoms with Crippen LogP contribution in [0.4, 0.5) is 0 Å². The minimum absolute atomic E-state index is 0.0219. The van der Waals surface area contributed by atoms with Gasteiger partial charge in [-0.1, -0.05) is 41.5 Å². The Hall–Kier alpha value is -2.63. The van der Waals surface area contributed by atoms with Gasteiger partial charge in [-0.25, -0.2) is 9.59 Å². The lowest BCUT2D eigenvalue weighted by atomic mass is 9.50. The summed E-state index contributed by atoms with van der Waals surface area (Å²) in [5, 5.41) is 22.4. The van der Waals surface area contributed by atoms with Crippen LogP contribution in [-0.2, 0) is 15.0 Å². The molecule has 0 spiro atoms. The van der Waals surface area contributed by atoms with Gasteiger partial charge in [0.05, 0.1) is 16.6 Å². The quantitative estimate of drug-likeness (QED) is 0.412. The van der Waals surface area contributed by atoms with Crippen LogP contribution in [0.1, 0.15) is 99.5 Å². The molecule has 4 saturated carbocycles. The molecular formula is C34H46N2O4. The van der Waals surface area contributed by atoms with Gasteiger partial charge in [-0.3, -0.25) is 4.98 Å². The van der Waals surface area contributed by atoms with E-state index in [1.165, 1.54) is 6.42 Å². The second kappa shape index (κ2) is 8.23. The standard InChI is InChI=1S/C34H46N2O4/c1-19-26(28(37)38)34(21-11-15-35-16-12-21,24-17-22-9-13-32(24,7)30(22,3)4)27(29(39)40)20(2)36(19)25-18-23-10-14-33(25,8)31(23,5)6/h11-12,15-16,22-25H,9-10,13-14,17-18H2,1-8H3,(H,37,38)(H,39,40). The monoisotopic (exact) mass is 546 g/mol. The molecule has 1 aromatic heterocycles. The van der Waals surface area contributed by atoms with Crippen LogP contribution in [0.3, 0.4) is 0 Å². The van der Waals surface area contributed by atoms with Crippen molar-refractivity contribution < 1.29 is 19.8 Å². The summed E-state index contributed by atoms with van der Waals surface area (Å²) in [7, 11) is 0. The van der Waals surface area contributed by atoms with Gasteiger partial charge in [-0.15, -0.1) is 0 Å². The zero-order valence-corrected chi connectivity index (χ0v) is 25.5. The molecule has 4 bridgehead atoms. The molecule has 216 valence electrons. The number of nitrogens with zero attached hydrogens (tertiary/aromatic N) is 2. The first kappa shape index (κ1) is 27.5. The molecule has 6 atom stereocenters. The molecule has 0 saturated heterocycles. The summed E-state index contributed by atoms with van der Waals surface area (Å²) in [6.07, 6.45) is 9.47. The first-order valence-electron chi connectivity index (χ1n) is 15.2. The summed E-state index contributed by atoms with van der Waals surface area (Å²) in [6, 6.07) is 3.80. The predicted octanol–water partition coefficient (Wildman–Crippen LogP) is 7.03. The lowest BCUT2D eigenvalue weighted by Crippen LogP contribution is -2.56. The van der Waals surface area contributed by atoms with Crippen LogP contribution in [-0.4, -0.2) is 38.1 Å². The minimum Gasteiger partial charge on any atom is -0.478 e. The molecule has 0 amide bonds. The van der Waals surface area contributed by atoms with Gasteiger partial charge in [0.1, 0.15) is 0 Å². The van der Waals surface area contributed by atoms with Gasteiger partial charge in [0.25, 0.3) is 0 Å². The van der Waals surface area contributed by atoms with E-state index < -0.39 is 17.4 Å². The van der Waals surface area contributed by atoms with Crippen molar-refractivity contribution in [2.45, 2.75) is 105 Å². The smallest absolute Gasteiger partial charge is 0.334 e. The van der Waals surface area contributed by atoms with Crippen LogP contribution in [0.15, 0.2) is 47.1 Å². The van der Waals surface area contributed by atoms with Gasteiger partial charge in [-0.05, 0) is 109 Å². The molecule has 6 unspecified atom stereocenters. The lowest BCUT2D eigenvalue weighted by Gasteiger charge is -2.56. The van der Waals surface area contributed by atoms with Gasteiger partial charge in [-0.2, -0.15) is 0 Å². The van der Waals surface area contributed by atoms with E-state index in [-0.39, 0.29) is 44.8 Å². The first-order chi connectivity index (χ1) is 18.6. The van der Waals surface area contributed by atoms with E-state index in [0.29, 0.717) is 23.2 Å². The average Bonchev–Trinajstić information content (AvgIpc) is 3.40. The maximum absolute atomic E-state index is 13.7. The molecule has 40 heavy (non-hydrogen) atoms. The Bertz CT molecular complexity index is 1320. The molecule has 4 aliphatic carbocycles. The fourth-order valence-corrected chi connectivity index (χ4v) is 11.2. The number of pyridine rings is 1. The number of carboxylic acid groups (broad SMARTS) is 2. The third-order valence-electron chi connectivity index (χ3n) is 14.2. The molecule has 0 radical (unpaired) electrons. The summed E-state index contributed by atoms with van der Waals surface area (Å²) < 4.78 is 0. The third-order valence-corrected chi connectivity index (χ3v) is 14.2. The van der Waals surface area contributed by atoms with Crippen molar-refractivity contribution in [1.29, 1.82) is 0 Å². The number of aromatic nitrogens is 1. The Labute approximate surface area is 238 Å². The Morgan fingerprint density at radius 3 is 1.65 bits per heavy atom. The van der Waals surface area contributed by atoms with E-state index in [0.717, 1.165) is 37.7 Å². The maximum atomic E-state index is 13.7. The van der Waals surface area contributed by atoms with E-state index in [1.807, 2.05) is 26.0 Å². The average molecular weight is 547 g/mol. The molecule has 4 fully saturated rings. The van der Waals surface area contributed by atoms with E-state index >= 15 is 0 Å². The number of fused-ring (bicyclic) bond motifs is 4. The fourth-order valence-electron chi connectivity index (χ4n) is 11.2. The number of allylic oxidation sites excluding steroid dienone is 2. The predicted molar refractivity (Wildman–Crippen MR) is 154 cm³/mol. The molecule has 2 N–H and O–H groups in total. The highest BCUT2D eigenvalue weighted by Gasteiger charge is 2.71. The third kappa shape index (κ3) is 2.93. The van der Waals surface area contributed by atoms with Gasteiger partial charge in [0.15, 0.2) is 0 Å². The van der Waals surface area contributed by atoms with E-state index in [4.69, 9.17) is 0 Å². The Morgan fingerprint density at radius 1 is 0.800 bits per heavy atom. The molecule has 6 rings (SSSR count). The van der Waals surface area contributed by atoms with Crippen molar-refractivity contribution in [1.82, 2.24) is 9.88 Å². The largest absolute Gasteiger partial charge is 0.478 e. The van der Waals surface area contributed by atoms with Crippen molar-refractivity contribution in [2.24, 2.45) is 39.4 Å². The minimum atomic E-state index is -1.28. The molecule has 6 heteroatoms. The van der Waals surface area contributed by atoms with Crippen LogP contribution in [0.5, 0.6) is 0 Å². The van der Waals surface area contributed by atoms with Crippen LogP contribution in [0.2, 0.25) is 0 Å². The van der Waals surface area contributed by atoms with E-state index in [2.05, 4.69) is 51.4 Å². The first-order valence-corrected chi connectivity index (χ1v) is 15.2. The zero-order valence-electron chi connectivity index (χ0n) is 25.5. The van der Waals surface area contributed by atoms with Crippen molar-refractivity contribution in [3.05, 3.63) is 52.6 Å². The molecular weight excluding hydrogens is 500 g/mol. The summed E-state index contributed by atoms with van der Waals surface area (Å²) in [6.45, 7) is 17.9. The highest BCUT2D eigenvalue weighted by atomic mass is 16.4. The molecule has 2 heterocycles. The Morgan fingerprint density at radius 2 is 1.27 bits per heavy atom. The molecule has 1 aliphatic heterocycles. The number of carbonyl (C=O) groups is 2. The van der Waals surface area contributed by atoms with Gasteiger partial charge < -0.3 is 15.1 Å². The van der Waals surface area contributed by atoms with Crippen LogP contribution < -0.4 is 0 Å². The normalized spacial score (nSPS) is 38.9. The second-order valence-corrected chi connectivity index (χ2v) is 15.2. The van der Waals surface area contributed by atoms with Crippen molar-refractivity contribution in [2.75, 3.05) is 0 Å². The summed E-state index contributed by atoms with van der Waals surface area (Å²) >= 11 is 0. The second-order valence-electron chi connectivity index (χ2n) is 15.2. The van der Waals surface area contributed by atoms with E-state index in [9.17, 15) is 19.8 Å². The van der Waals surface area contributed by atoms with Crippen molar-refractivity contribution in [3.8, 4) is 0 Å². The highest BCUT2D eigenvalue weighted by Crippen LogP contribution is 2.75. The lowest BCUT2D eigenvalue weighted by molar-refractivity contribution is -0.136. The van der Waals surface area contributed by atoms with E-state index in [1.54, 1.807) is 12.4 Å². The summed E-state index contributed by atoms with van der Waals surface area (Å²) in [4.78, 5) is 33.8. The Balaban J connectivity index is 1.68. The summed E-state index contributed by atoms with van der Waals surface area (Å²) in [5.74, 6) is -1.21. The zero-order chi connectivity index (χ0) is 29.2. The number of carboxylic acids is 2.